The molecule has 20 heavy (non-hydrogen) atoms. The van der Waals surface area contributed by atoms with E-state index in [4.69, 9.17) is 4.74 Å². The Kier molecular flexibility index (Phi) is 5.12. The molecule has 0 amide bonds. The molecule has 0 aliphatic carbocycles. The van der Waals surface area contributed by atoms with Gasteiger partial charge >= 0.3 is 0 Å². The standard InChI is InChI=1S/C15H22N4O/c1-4-20-14-7-5-13(6-8-14)19-15(17-11-18-19)10-16-9-12(2)3/h5-8,11-12,16H,4,9-10H2,1-3H3. The minimum absolute atomic E-state index is 0.622. The molecular formula is C15H22N4O. The van der Waals surface area contributed by atoms with Crippen molar-refractivity contribution in [3.05, 3.63) is 36.4 Å². The average molecular weight is 274 g/mol. The highest BCUT2D eigenvalue weighted by Gasteiger charge is 2.06. The van der Waals surface area contributed by atoms with Crippen LogP contribution in [0.2, 0.25) is 0 Å². The normalized spacial score (nSPS) is 11.0. The van der Waals surface area contributed by atoms with Crippen LogP contribution >= 0.6 is 0 Å². The Bertz CT molecular complexity index is 519. The van der Waals surface area contributed by atoms with Crippen LogP contribution in [0.15, 0.2) is 30.6 Å². The summed E-state index contributed by atoms with van der Waals surface area (Å²) in [5.41, 5.74) is 0.993. The van der Waals surface area contributed by atoms with Gasteiger partial charge in [-0.3, -0.25) is 0 Å². The summed E-state index contributed by atoms with van der Waals surface area (Å²) < 4.78 is 7.29. The molecule has 1 aromatic heterocycles. The monoisotopic (exact) mass is 274 g/mol. The van der Waals surface area contributed by atoms with E-state index >= 15 is 0 Å². The highest BCUT2D eigenvalue weighted by Crippen LogP contribution is 2.15. The van der Waals surface area contributed by atoms with Crippen LogP contribution in [-0.2, 0) is 6.54 Å². The van der Waals surface area contributed by atoms with Crippen LogP contribution in [0.25, 0.3) is 5.69 Å². The molecular weight excluding hydrogens is 252 g/mol. The maximum absolute atomic E-state index is 5.44. The van der Waals surface area contributed by atoms with Gasteiger partial charge in [-0.05, 0) is 43.7 Å². The maximum atomic E-state index is 5.44. The highest BCUT2D eigenvalue weighted by molar-refractivity contribution is 5.37. The van der Waals surface area contributed by atoms with Crippen molar-refractivity contribution >= 4 is 0 Å². The molecule has 5 heteroatoms. The molecule has 0 atom stereocenters. The van der Waals surface area contributed by atoms with Crippen LogP contribution in [0.3, 0.4) is 0 Å². The summed E-state index contributed by atoms with van der Waals surface area (Å²) in [4.78, 5) is 4.31. The molecule has 0 radical (unpaired) electrons. The Hall–Kier alpha value is -1.88. The molecule has 1 heterocycles. The summed E-state index contributed by atoms with van der Waals surface area (Å²) in [5.74, 6) is 2.41. The lowest BCUT2D eigenvalue weighted by molar-refractivity contribution is 0.340. The summed E-state index contributed by atoms with van der Waals surface area (Å²) in [6.45, 7) is 8.70. The molecule has 1 N–H and O–H groups in total. The van der Waals surface area contributed by atoms with Crippen molar-refractivity contribution in [1.29, 1.82) is 0 Å². The maximum Gasteiger partial charge on any atom is 0.146 e. The molecule has 108 valence electrons. The average Bonchev–Trinajstić information content (AvgIpc) is 2.88. The van der Waals surface area contributed by atoms with Crippen molar-refractivity contribution in [3.8, 4) is 11.4 Å². The first kappa shape index (κ1) is 14.5. The number of nitrogens with one attached hydrogen (secondary N) is 1. The second kappa shape index (κ2) is 7.05. The first-order chi connectivity index (χ1) is 9.70. The molecule has 5 nitrogen and oxygen atoms in total. The summed E-state index contributed by atoms with van der Waals surface area (Å²) in [6, 6.07) is 7.88. The Balaban J connectivity index is 2.06. The lowest BCUT2D eigenvalue weighted by atomic mass is 10.2. The Morgan fingerprint density at radius 3 is 2.65 bits per heavy atom. The van der Waals surface area contributed by atoms with Crippen LogP contribution in [0, 0.1) is 5.92 Å². The third-order valence-corrected chi connectivity index (χ3v) is 2.85. The number of hydrogen-bond acceptors (Lipinski definition) is 4. The molecule has 0 fully saturated rings. The zero-order chi connectivity index (χ0) is 14.4. The first-order valence-corrected chi connectivity index (χ1v) is 7.03. The molecule has 2 rings (SSSR count). The quantitative estimate of drug-likeness (QED) is 0.842. The minimum Gasteiger partial charge on any atom is -0.494 e. The number of benzene rings is 1. The number of rotatable bonds is 7. The van der Waals surface area contributed by atoms with E-state index in [0.29, 0.717) is 19.1 Å². The Labute approximate surface area is 120 Å². The molecule has 0 aliphatic heterocycles. The van der Waals surface area contributed by atoms with Gasteiger partial charge in [0.2, 0.25) is 0 Å². The van der Waals surface area contributed by atoms with Gasteiger partial charge in [-0.15, -0.1) is 0 Å². The summed E-state index contributed by atoms with van der Waals surface area (Å²) in [5, 5.41) is 7.67. The zero-order valence-electron chi connectivity index (χ0n) is 12.3. The number of ether oxygens (including phenoxy) is 1. The topological polar surface area (TPSA) is 52.0 Å². The van der Waals surface area contributed by atoms with Crippen molar-refractivity contribution in [1.82, 2.24) is 20.1 Å². The van der Waals surface area contributed by atoms with Gasteiger partial charge < -0.3 is 10.1 Å². The third kappa shape index (κ3) is 3.81. The van der Waals surface area contributed by atoms with Crippen LogP contribution < -0.4 is 10.1 Å². The Morgan fingerprint density at radius 2 is 2.00 bits per heavy atom. The fourth-order valence-electron chi connectivity index (χ4n) is 1.92. The van der Waals surface area contributed by atoms with E-state index < -0.39 is 0 Å². The van der Waals surface area contributed by atoms with Gasteiger partial charge in [-0.1, -0.05) is 13.8 Å². The van der Waals surface area contributed by atoms with Crippen molar-refractivity contribution in [3.63, 3.8) is 0 Å². The van der Waals surface area contributed by atoms with Crippen molar-refractivity contribution in [2.45, 2.75) is 27.3 Å². The molecule has 0 spiro atoms. The smallest absolute Gasteiger partial charge is 0.146 e. The molecule has 0 saturated heterocycles. The van der Waals surface area contributed by atoms with Crippen LogP contribution in [0.4, 0.5) is 0 Å². The van der Waals surface area contributed by atoms with Gasteiger partial charge in [-0.25, -0.2) is 9.67 Å². The lowest BCUT2D eigenvalue weighted by Gasteiger charge is -2.09. The van der Waals surface area contributed by atoms with Crippen LogP contribution in [-0.4, -0.2) is 27.9 Å². The van der Waals surface area contributed by atoms with E-state index in [-0.39, 0.29) is 0 Å². The third-order valence-electron chi connectivity index (χ3n) is 2.85. The predicted molar refractivity (Wildman–Crippen MR) is 79.1 cm³/mol. The van der Waals surface area contributed by atoms with E-state index in [1.165, 1.54) is 0 Å². The fraction of sp³-hybridized carbons (Fsp3) is 0.467. The van der Waals surface area contributed by atoms with Crippen LogP contribution in [0.5, 0.6) is 5.75 Å². The van der Waals surface area contributed by atoms with Gasteiger partial charge in [-0.2, -0.15) is 5.10 Å². The van der Waals surface area contributed by atoms with Crippen molar-refractivity contribution in [2.75, 3.05) is 13.2 Å². The molecule has 0 bridgehead atoms. The fourth-order valence-corrected chi connectivity index (χ4v) is 1.92. The molecule has 0 unspecified atom stereocenters. The van der Waals surface area contributed by atoms with E-state index in [1.54, 1.807) is 6.33 Å². The lowest BCUT2D eigenvalue weighted by Crippen LogP contribution is -2.21. The minimum atomic E-state index is 0.622. The van der Waals surface area contributed by atoms with Gasteiger partial charge in [0.15, 0.2) is 0 Å². The predicted octanol–water partition coefficient (Wildman–Crippen LogP) is 2.41. The molecule has 0 aliphatic rings. The van der Waals surface area contributed by atoms with E-state index in [2.05, 4.69) is 29.2 Å². The number of nitrogens with zero attached hydrogens (tertiary/aromatic N) is 3. The van der Waals surface area contributed by atoms with E-state index in [1.807, 2.05) is 35.9 Å². The van der Waals surface area contributed by atoms with Gasteiger partial charge in [0.1, 0.15) is 17.9 Å². The zero-order valence-corrected chi connectivity index (χ0v) is 12.3. The van der Waals surface area contributed by atoms with Gasteiger partial charge in [0.05, 0.1) is 18.8 Å². The SMILES string of the molecule is CCOc1ccc(-n2ncnc2CNCC(C)C)cc1. The first-order valence-electron chi connectivity index (χ1n) is 7.03. The van der Waals surface area contributed by atoms with Crippen molar-refractivity contribution in [2.24, 2.45) is 5.92 Å². The summed E-state index contributed by atoms with van der Waals surface area (Å²) in [6.07, 6.45) is 1.59. The molecule has 1 aromatic carbocycles. The number of aromatic nitrogens is 3. The second-order valence-corrected chi connectivity index (χ2v) is 5.04. The second-order valence-electron chi connectivity index (χ2n) is 5.04. The van der Waals surface area contributed by atoms with Crippen LogP contribution in [0.1, 0.15) is 26.6 Å². The van der Waals surface area contributed by atoms with Gasteiger partial charge in [0, 0.05) is 0 Å². The Morgan fingerprint density at radius 1 is 1.25 bits per heavy atom. The van der Waals surface area contributed by atoms with Gasteiger partial charge in [0.25, 0.3) is 0 Å². The highest BCUT2D eigenvalue weighted by atomic mass is 16.5. The van der Waals surface area contributed by atoms with E-state index in [9.17, 15) is 0 Å². The largest absolute Gasteiger partial charge is 0.494 e. The van der Waals surface area contributed by atoms with E-state index in [0.717, 1.165) is 23.8 Å². The molecule has 2 aromatic rings. The summed E-state index contributed by atoms with van der Waals surface area (Å²) >= 11 is 0. The van der Waals surface area contributed by atoms with Crippen molar-refractivity contribution < 1.29 is 4.74 Å². The summed E-state index contributed by atoms with van der Waals surface area (Å²) in [7, 11) is 0. The number of hydrogen-bond donors (Lipinski definition) is 1. The molecule has 0 saturated carbocycles.